The summed E-state index contributed by atoms with van der Waals surface area (Å²) < 4.78 is 0. The molecule has 0 heterocycles. The van der Waals surface area contributed by atoms with Crippen LogP contribution >= 0.6 is 0 Å². The van der Waals surface area contributed by atoms with Crippen LogP contribution in [0.25, 0.3) is 0 Å². The summed E-state index contributed by atoms with van der Waals surface area (Å²) in [6, 6.07) is 0. The minimum atomic E-state index is 0.470. The molecule has 1 heteroatoms. The zero-order chi connectivity index (χ0) is 12.8. The fourth-order valence-corrected chi connectivity index (χ4v) is 1.90. The quantitative estimate of drug-likeness (QED) is 0.327. The Balaban J connectivity index is 3.12. The molecule has 0 spiro atoms. The van der Waals surface area contributed by atoms with E-state index in [-0.39, 0.29) is 0 Å². The second-order valence-corrected chi connectivity index (χ2v) is 4.83. The van der Waals surface area contributed by atoms with E-state index in [1.54, 1.807) is 0 Å². The van der Waals surface area contributed by atoms with Crippen LogP contribution in [-0.2, 0) is 4.79 Å². The molecule has 0 aromatic rings. The van der Waals surface area contributed by atoms with Gasteiger partial charge in [0, 0.05) is 12.8 Å². The van der Waals surface area contributed by atoms with Crippen LogP contribution in [0.15, 0.2) is 12.2 Å². The molecule has 0 saturated heterocycles. The van der Waals surface area contributed by atoms with Crippen molar-refractivity contribution in [1.29, 1.82) is 0 Å². The van der Waals surface area contributed by atoms with Crippen molar-refractivity contribution in [2.45, 2.75) is 84.5 Å². The number of hydrogen-bond acceptors (Lipinski definition) is 1. The molecule has 0 unspecified atom stereocenters. The largest absolute Gasteiger partial charge is 0.300 e. The second-order valence-electron chi connectivity index (χ2n) is 4.83. The maximum Gasteiger partial charge on any atom is 0.132 e. The number of Topliss-reactive ketones (excluding diaryl/α,β-unsaturated/α-hetero) is 1. The third-order valence-corrected chi connectivity index (χ3v) is 3.04. The van der Waals surface area contributed by atoms with Gasteiger partial charge in [0.15, 0.2) is 0 Å². The molecule has 0 N–H and O–H groups in total. The van der Waals surface area contributed by atoms with Crippen LogP contribution in [-0.4, -0.2) is 5.78 Å². The molecule has 17 heavy (non-hydrogen) atoms. The van der Waals surface area contributed by atoms with Crippen molar-refractivity contribution in [3.05, 3.63) is 12.2 Å². The number of carbonyl (C=O) groups excluding carboxylic acids is 1. The Morgan fingerprint density at radius 2 is 1.47 bits per heavy atom. The fourth-order valence-electron chi connectivity index (χ4n) is 1.90. The van der Waals surface area contributed by atoms with Crippen molar-refractivity contribution >= 4 is 5.78 Å². The average molecular weight is 238 g/mol. The van der Waals surface area contributed by atoms with Crippen LogP contribution < -0.4 is 0 Å². The van der Waals surface area contributed by atoms with Gasteiger partial charge in [0.1, 0.15) is 5.78 Å². The van der Waals surface area contributed by atoms with Gasteiger partial charge in [-0.25, -0.2) is 0 Å². The van der Waals surface area contributed by atoms with Crippen molar-refractivity contribution in [3.63, 3.8) is 0 Å². The summed E-state index contributed by atoms with van der Waals surface area (Å²) in [5, 5.41) is 0. The highest BCUT2D eigenvalue weighted by molar-refractivity contribution is 5.78. The van der Waals surface area contributed by atoms with Crippen molar-refractivity contribution in [3.8, 4) is 0 Å². The summed E-state index contributed by atoms with van der Waals surface area (Å²) in [4.78, 5) is 11.4. The minimum Gasteiger partial charge on any atom is -0.300 e. The number of rotatable bonds is 12. The summed E-state index contributed by atoms with van der Waals surface area (Å²) in [5.41, 5.74) is 0. The monoisotopic (exact) mass is 238 g/mol. The first-order valence-electron chi connectivity index (χ1n) is 7.48. The van der Waals surface area contributed by atoms with Gasteiger partial charge in [0.2, 0.25) is 0 Å². The molecule has 0 aliphatic heterocycles. The number of carbonyl (C=O) groups is 1. The Bertz CT molecular complexity index is 194. The molecule has 0 atom stereocenters. The first-order chi connectivity index (χ1) is 8.31. The smallest absolute Gasteiger partial charge is 0.132 e. The maximum atomic E-state index is 11.4. The van der Waals surface area contributed by atoms with Crippen LogP contribution in [0.2, 0.25) is 0 Å². The van der Waals surface area contributed by atoms with E-state index in [9.17, 15) is 4.79 Å². The third-order valence-electron chi connectivity index (χ3n) is 3.04. The maximum absolute atomic E-state index is 11.4. The van der Waals surface area contributed by atoms with Crippen LogP contribution in [0.4, 0.5) is 0 Å². The Morgan fingerprint density at radius 1 is 0.824 bits per heavy atom. The Kier molecular flexibility index (Phi) is 13.0. The van der Waals surface area contributed by atoms with E-state index in [1.807, 2.05) is 0 Å². The fraction of sp³-hybridized carbons (Fsp3) is 0.812. The number of allylic oxidation sites excluding steroid dienone is 2. The molecule has 0 aliphatic rings. The first-order valence-corrected chi connectivity index (χ1v) is 7.48. The van der Waals surface area contributed by atoms with Crippen molar-refractivity contribution in [2.24, 2.45) is 0 Å². The summed E-state index contributed by atoms with van der Waals surface area (Å²) in [6.45, 7) is 4.31. The highest BCUT2D eigenvalue weighted by Crippen LogP contribution is 2.09. The lowest BCUT2D eigenvalue weighted by molar-refractivity contribution is -0.119. The van der Waals surface area contributed by atoms with Crippen molar-refractivity contribution in [2.75, 3.05) is 0 Å². The molecule has 0 aromatic heterocycles. The molecule has 0 aromatic carbocycles. The molecule has 0 rings (SSSR count). The standard InChI is InChI=1S/C16H30O/c1-3-5-7-8-9-10-11-12-13-15-16(17)14-6-4-2/h5,7H,3-4,6,8-15H2,1-2H3. The predicted octanol–water partition coefficient (Wildman–Crippen LogP) is 5.44. The van der Waals surface area contributed by atoms with Gasteiger partial charge >= 0.3 is 0 Å². The van der Waals surface area contributed by atoms with E-state index < -0.39 is 0 Å². The molecule has 0 aliphatic carbocycles. The summed E-state index contributed by atoms with van der Waals surface area (Å²) in [5.74, 6) is 0.470. The van der Waals surface area contributed by atoms with E-state index in [4.69, 9.17) is 0 Å². The number of ketones is 1. The average Bonchev–Trinajstić information content (AvgIpc) is 2.34. The topological polar surface area (TPSA) is 17.1 Å². The molecule has 0 bridgehead atoms. The minimum absolute atomic E-state index is 0.470. The lowest BCUT2D eigenvalue weighted by atomic mass is 10.0. The van der Waals surface area contributed by atoms with Gasteiger partial charge in [0.25, 0.3) is 0 Å². The van der Waals surface area contributed by atoms with Crippen LogP contribution in [0, 0.1) is 0 Å². The van der Waals surface area contributed by atoms with E-state index in [0.717, 1.165) is 38.5 Å². The molecule has 100 valence electrons. The van der Waals surface area contributed by atoms with Crippen molar-refractivity contribution < 1.29 is 4.79 Å². The Morgan fingerprint density at radius 3 is 2.18 bits per heavy atom. The zero-order valence-electron chi connectivity index (χ0n) is 11.8. The van der Waals surface area contributed by atoms with Crippen LogP contribution in [0.3, 0.4) is 0 Å². The molecule has 1 nitrogen and oxygen atoms in total. The van der Waals surface area contributed by atoms with Gasteiger partial charge in [-0.1, -0.05) is 51.7 Å². The molecular weight excluding hydrogens is 208 g/mol. The molecular formula is C16H30O. The third kappa shape index (κ3) is 13.3. The lowest BCUT2D eigenvalue weighted by Gasteiger charge is -2.00. The summed E-state index contributed by atoms with van der Waals surface area (Å²) in [6.07, 6.45) is 17.0. The Labute approximate surface area is 108 Å². The van der Waals surface area contributed by atoms with E-state index in [0.29, 0.717) is 5.78 Å². The van der Waals surface area contributed by atoms with E-state index in [2.05, 4.69) is 26.0 Å². The molecule has 0 saturated carbocycles. The van der Waals surface area contributed by atoms with E-state index in [1.165, 1.54) is 32.1 Å². The summed E-state index contributed by atoms with van der Waals surface area (Å²) in [7, 11) is 0. The zero-order valence-corrected chi connectivity index (χ0v) is 11.8. The van der Waals surface area contributed by atoms with Crippen molar-refractivity contribution in [1.82, 2.24) is 0 Å². The predicted molar refractivity (Wildman–Crippen MR) is 76.3 cm³/mol. The van der Waals surface area contributed by atoms with Gasteiger partial charge in [-0.05, 0) is 32.1 Å². The highest BCUT2D eigenvalue weighted by Gasteiger charge is 2.00. The van der Waals surface area contributed by atoms with Crippen LogP contribution in [0.1, 0.15) is 84.5 Å². The van der Waals surface area contributed by atoms with E-state index >= 15 is 0 Å². The SMILES string of the molecule is CCC=CCCCCCCCC(=O)CCCC. The van der Waals surface area contributed by atoms with Gasteiger partial charge in [-0.15, -0.1) is 0 Å². The number of unbranched alkanes of at least 4 members (excludes halogenated alkanes) is 6. The normalized spacial score (nSPS) is 11.2. The lowest BCUT2D eigenvalue weighted by Crippen LogP contribution is -1.96. The van der Waals surface area contributed by atoms with Gasteiger partial charge in [-0.2, -0.15) is 0 Å². The Hall–Kier alpha value is -0.590. The number of hydrogen-bond donors (Lipinski definition) is 0. The highest BCUT2D eigenvalue weighted by atomic mass is 16.1. The van der Waals surface area contributed by atoms with Gasteiger partial charge in [0.05, 0.1) is 0 Å². The second kappa shape index (κ2) is 13.5. The molecule has 0 fully saturated rings. The van der Waals surface area contributed by atoms with Gasteiger partial charge < -0.3 is 0 Å². The molecule has 0 radical (unpaired) electrons. The van der Waals surface area contributed by atoms with Crippen LogP contribution in [0.5, 0.6) is 0 Å². The summed E-state index contributed by atoms with van der Waals surface area (Å²) >= 11 is 0. The first kappa shape index (κ1) is 16.4. The van der Waals surface area contributed by atoms with Gasteiger partial charge in [-0.3, -0.25) is 4.79 Å². The molecule has 0 amide bonds.